The van der Waals surface area contributed by atoms with E-state index in [2.05, 4.69) is 38.2 Å². The van der Waals surface area contributed by atoms with Gasteiger partial charge in [0.1, 0.15) is 6.61 Å². The minimum absolute atomic E-state index is 0.0523. The van der Waals surface area contributed by atoms with E-state index in [0.29, 0.717) is 6.42 Å². The van der Waals surface area contributed by atoms with Crippen LogP contribution in [0.3, 0.4) is 0 Å². The number of phosphoric acid groups is 1. The Kier molecular flexibility index (Phi) is 37.1. The smallest absolute Gasteiger partial charge is 0.462 e. The van der Waals surface area contributed by atoms with Gasteiger partial charge in [-0.15, -0.1) is 0 Å². The van der Waals surface area contributed by atoms with E-state index in [1.54, 1.807) is 0 Å². The first-order chi connectivity index (χ1) is 24.8. The zero-order valence-corrected chi connectivity index (χ0v) is 33.7. The van der Waals surface area contributed by atoms with Crippen molar-refractivity contribution >= 4 is 19.8 Å². The maximum atomic E-state index is 12.5. The molecule has 300 valence electrons. The third kappa shape index (κ3) is 38.0. The highest BCUT2D eigenvalue weighted by atomic mass is 31.2. The molecule has 0 amide bonds. The molecule has 0 saturated heterocycles. The van der Waals surface area contributed by atoms with Crippen LogP contribution in [0.4, 0.5) is 0 Å². The van der Waals surface area contributed by atoms with E-state index in [4.69, 9.17) is 24.3 Å². The maximum Gasteiger partial charge on any atom is 0.472 e. The van der Waals surface area contributed by atoms with Gasteiger partial charge in [0.15, 0.2) is 6.10 Å². The van der Waals surface area contributed by atoms with Crippen molar-refractivity contribution < 1.29 is 37.6 Å². The number of unbranched alkanes of at least 4 members (excludes halogenated alkanes) is 22. The Morgan fingerprint density at radius 1 is 0.588 bits per heavy atom. The highest BCUT2D eigenvalue weighted by molar-refractivity contribution is 7.47. The molecule has 9 nitrogen and oxygen atoms in total. The van der Waals surface area contributed by atoms with Crippen LogP contribution in [-0.4, -0.2) is 49.3 Å². The summed E-state index contributed by atoms with van der Waals surface area (Å²) in [6.07, 6.45) is 39.2. The predicted octanol–water partition coefficient (Wildman–Crippen LogP) is 11.6. The second-order valence-electron chi connectivity index (χ2n) is 13.9. The van der Waals surface area contributed by atoms with E-state index in [-0.39, 0.29) is 38.6 Å². The molecule has 51 heavy (non-hydrogen) atoms. The van der Waals surface area contributed by atoms with E-state index in [1.165, 1.54) is 96.3 Å². The number of allylic oxidation sites excluding steroid dienone is 4. The number of rotatable bonds is 39. The van der Waals surface area contributed by atoms with Crippen molar-refractivity contribution in [2.24, 2.45) is 5.73 Å². The molecule has 0 aliphatic heterocycles. The molecule has 0 saturated carbocycles. The zero-order valence-electron chi connectivity index (χ0n) is 32.8. The van der Waals surface area contributed by atoms with Crippen molar-refractivity contribution in [3.05, 3.63) is 24.3 Å². The Bertz CT molecular complexity index is 897. The Balaban J connectivity index is 4.14. The van der Waals surface area contributed by atoms with Crippen LogP contribution in [-0.2, 0) is 32.7 Å². The molecule has 0 aliphatic carbocycles. The monoisotopic (exact) mass is 744 g/mol. The van der Waals surface area contributed by atoms with Crippen molar-refractivity contribution in [2.75, 3.05) is 26.4 Å². The summed E-state index contributed by atoms with van der Waals surface area (Å²) in [5.41, 5.74) is 5.34. The Morgan fingerprint density at radius 3 is 1.57 bits per heavy atom. The van der Waals surface area contributed by atoms with Gasteiger partial charge in [-0.05, 0) is 38.5 Å². The summed E-state index contributed by atoms with van der Waals surface area (Å²) < 4.78 is 32.7. The number of esters is 2. The standard InChI is InChI=1S/C41H78NO8P/c1-3-5-7-9-11-13-15-17-18-19-20-22-23-25-27-29-31-33-40(43)47-37-39(38-49-51(45,46)48-36-35-42)50-41(44)34-32-30-28-26-24-21-16-14-12-10-8-6-4-2/h8,10,14,16,39H,3-7,9,11-13,15,17-38,42H2,1-2H3,(H,45,46)/b10-8-,16-14-. The zero-order chi connectivity index (χ0) is 37.5. The average Bonchev–Trinajstić information content (AvgIpc) is 3.11. The lowest BCUT2D eigenvalue weighted by Gasteiger charge is -2.19. The summed E-state index contributed by atoms with van der Waals surface area (Å²) in [5, 5.41) is 0. The minimum atomic E-state index is -4.37. The van der Waals surface area contributed by atoms with Crippen LogP contribution < -0.4 is 5.73 Å². The topological polar surface area (TPSA) is 134 Å². The molecule has 0 aliphatic rings. The average molecular weight is 744 g/mol. The number of nitrogens with two attached hydrogens (primary N) is 1. The maximum absolute atomic E-state index is 12.5. The second kappa shape index (κ2) is 38.2. The van der Waals surface area contributed by atoms with Gasteiger partial charge in [0.2, 0.25) is 0 Å². The number of carbonyl (C=O) groups excluding carboxylic acids is 2. The van der Waals surface area contributed by atoms with E-state index < -0.39 is 26.5 Å². The van der Waals surface area contributed by atoms with Gasteiger partial charge in [0.25, 0.3) is 0 Å². The molecular weight excluding hydrogens is 665 g/mol. The lowest BCUT2D eigenvalue weighted by molar-refractivity contribution is -0.161. The molecule has 2 unspecified atom stereocenters. The largest absolute Gasteiger partial charge is 0.472 e. The van der Waals surface area contributed by atoms with Crippen molar-refractivity contribution in [2.45, 2.75) is 200 Å². The molecule has 0 fully saturated rings. The van der Waals surface area contributed by atoms with Gasteiger partial charge in [0.05, 0.1) is 13.2 Å². The number of hydrogen-bond acceptors (Lipinski definition) is 8. The molecule has 0 rings (SSSR count). The first-order valence-corrected chi connectivity index (χ1v) is 22.3. The minimum Gasteiger partial charge on any atom is -0.462 e. The van der Waals surface area contributed by atoms with Gasteiger partial charge in [0, 0.05) is 19.4 Å². The first kappa shape index (κ1) is 49.5. The molecule has 0 heterocycles. The Morgan fingerprint density at radius 2 is 1.06 bits per heavy atom. The summed E-state index contributed by atoms with van der Waals surface area (Å²) in [5.74, 6) is -0.839. The summed E-state index contributed by atoms with van der Waals surface area (Å²) in [7, 11) is -4.37. The van der Waals surface area contributed by atoms with Gasteiger partial charge < -0.3 is 20.1 Å². The van der Waals surface area contributed by atoms with Gasteiger partial charge in [-0.25, -0.2) is 4.57 Å². The third-order valence-electron chi connectivity index (χ3n) is 8.82. The van der Waals surface area contributed by atoms with Crippen LogP contribution >= 0.6 is 7.82 Å². The normalized spacial score (nSPS) is 13.6. The lowest BCUT2D eigenvalue weighted by atomic mass is 10.0. The molecule has 0 aromatic rings. The Labute approximate surface area is 312 Å². The summed E-state index contributed by atoms with van der Waals surface area (Å²) in [6, 6.07) is 0. The molecule has 0 aromatic heterocycles. The van der Waals surface area contributed by atoms with Gasteiger partial charge >= 0.3 is 19.8 Å². The second-order valence-corrected chi connectivity index (χ2v) is 15.3. The quantitative estimate of drug-likeness (QED) is 0.0273. The van der Waals surface area contributed by atoms with Gasteiger partial charge in [-0.1, -0.05) is 167 Å². The molecule has 0 aromatic carbocycles. The van der Waals surface area contributed by atoms with E-state index >= 15 is 0 Å². The third-order valence-corrected chi connectivity index (χ3v) is 9.81. The van der Waals surface area contributed by atoms with Gasteiger partial charge in [-0.3, -0.25) is 18.6 Å². The number of phosphoric ester groups is 1. The predicted molar refractivity (Wildman–Crippen MR) is 211 cm³/mol. The molecular formula is C41H78NO8P. The molecule has 3 N–H and O–H groups in total. The van der Waals surface area contributed by atoms with E-state index in [1.807, 2.05) is 0 Å². The summed E-state index contributed by atoms with van der Waals surface area (Å²) >= 11 is 0. The number of ether oxygens (including phenoxy) is 2. The molecule has 10 heteroatoms. The van der Waals surface area contributed by atoms with Crippen LogP contribution in [0.25, 0.3) is 0 Å². The van der Waals surface area contributed by atoms with Crippen LogP contribution in [0.1, 0.15) is 194 Å². The highest BCUT2D eigenvalue weighted by Gasteiger charge is 2.26. The van der Waals surface area contributed by atoms with Crippen molar-refractivity contribution in [3.8, 4) is 0 Å². The summed E-state index contributed by atoms with van der Waals surface area (Å²) in [4.78, 5) is 34.8. The fraction of sp³-hybridized carbons (Fsp3) is 0.854. The van der Waals surface area contributed by atoms with E-state index in [9.17, 15) is 19.0 Å². The SMILES string of the molecule is CCC/C=C\C/C=C\CCCCCCCC(=O)OC(COC(=O)CCCCCCCCCCCCCCCCCCC)COP(=O)(O)OCCN. The molecule has 0 radical (unpaired) electrons. The van der Waals surface area contributed by atoms with Crippen molar-refractivity contribution in [1.82, 2.24) is 0 Å². The van der Waals surface area contributed by atoms with Gasteiger partial charge in [-0.2, -0.15) is 0 Å². The number of hydrogen-bond donors (Lipinski definition) is 2. The van der Waals surface area contributed by atoms with Crippen LogP contribution in [0, 0.1) is 0 Å². The fourth-order valence-electron chi connectivity index (χ4n) is 5.73. The molecule has 2 atom stereocenters. The fourth-order valence-corrected chi connectivity index (χ4v) is 6.50. The van der Waals surface area contributed by atoms with Crippen LogP contribution in [0.15, 0.2) is 24.3 Å². The molecule has 0 bridgehead atoms. The van der Waals surface area contributed by atoms with Crippen molar-refractivity contribution in [1.29, 1.82) is 0 Å². The number of carbonyl (C=O) groups is 2. The Hall–Kier alpha value is -1.51. The highest BCUT2D eigenvalue weighted by Crippen LogP contribution is 2.43. The van der Waals surface area contributed by atoms with Crippen molar-refractivity contribution in [3.63, 3.8) is 0 Å². The van der Waals surface area contributed by atoms with Crippen LogP contribution in [0.2, 0.25) is 0 Å². The first-order valence-electron chi connectivity index (χ1n) is 20.8. The van der Waals surface area contributed by atoms with Crippen LogP contribution in [0.5, 0.6) is 0 Å². The summed E-state index contributed by atoms with van der Waals surface area (Å²) in [6.45, 7) is 3.66. The lowest BCUT2D eigenvalue weighted by Crippen LogP contribution is -2.29. The molecule has 0 spiro atoms. The van der Waals surface area contributed by atoms with E-state index in [0.717, 1.165) is 64.2 Å².